The lowest BCUT2D eigenvalue weighted by molar-refractivity contribution is -0.140. The molecular weight excluding hydrogens is 639 g/mol. The first kappa shape index (κ1) is 35.5. The van der Waals surface area contributed by atoms with Gasteiger partial charge in [0.15, 0.2) is 0 Å². The maximum atomic E-state index is 14.5. The van der Waals surface area contributed by atoms with Crippen molar-refractivity contribution in [3.05, 3.63) is 126 Å². The number of benzene rings is 4. The Morgan fingerprint density at radius 3 is 2.06 bits per heavy atom. The van der Waals surface area contributed by atoms with Crippen LogP contribution in [0.2, 0.25) is 0 Å². The van der Waals surface area contributed by atoms with E-state index >= 15 is 0 Å². The van der Waals surface area contributed by atoms with E-state index in [1.54, 1.807) is 31.4 Å². The Hall–Kier alpha value is -4.83. The van der Waals surface area contributed by atoms with Crippen molar-refractivity contribution in [2.24, 2.45) is 0 Å². The summed E-state index contributed by atoms with van der Waals surface area (Å²) in [5, 5.41) is 3.22. The van der Waals surface area contributed by atoms with Gasteiger partial charge in [-0.15, -0.1) is 0 Å². The Labute approximate surface area is 289 Å². The zero-order valence-electron chi connectivity index (χ0n) is 28.2. The molecule has 5 rings (SSSR count). The van der Waals surface area contributed by atoms with Crippen molar-refractivity contribution in [3.63, 3.8) is 0 Å². The molecular formula is C39H45N3O6S. The molecule has 0 bridgehead atoms. The van der Waals surface area contributed by atoms with Gasteiger partial charge in [-0.1, -0.05) is 92.1 Å². The molecule has 49 heavy (non-hydrogen) atoms. The van der Waals surface area contributed by atoms with Gasteiger partial charge in [0.05, 0.1) is 19.1 Å². The summed E-state index contributed by atoms with van der Waals surface area (Å²) in [4.78, 5) is 30.1. The van der Waals surface area contributed by atoms with Crippen LogP contribution in [0.5, 0.6) is 11.5 Å². The van der Waals surface area contributed by atoms with Crippen LogP contribution in [0.25, 0.3) is 0 Å². The van der Waals surface area contributed by atoms with E-state index in [9.17, 15) is 18.0 Å². The second-order valence-corrected chi connectivity index (χ2v) is 14.4. The molecule has 1 aliphatic rings. The van der Waals surface area contributed by atoms with Crippen LogP contribution in [-0.2, 0) is 39.2 Å². The lowest BCUT2D eigenvalue weighted by Crippen LogP contribution is -2.55. The van der Waals surface area contributed by atoms with Crippen LogP contribution in [0.1, 0.15) is 48.8 Å². The Bertz CT molecular complexity index is 1760. The predicted molar refractivity (Wildman–Crippen MR) is 192 cm³/mol. The molecule has 0 radical (unpaired) electrons. The van der Waals surface area contributed by atoms with Gasteiger partial charge < -0.3 is 19.7 Å². The lowest BCUT2D eigenvalue weighted by Gasteiger charge is -2.35. The molecule has 0 saturated heterocycles. The molecule has 1 saturated carbocycles. The first-order chi connectivity index (χ1) is 23.7. The van der Waals surface area contributed by atoms with E-state index in [-0.39, 0.29) is 24.9 Å². The van der Waals surface area contributed by atoms with Gasteiger partial charge in [-0.2, -0.15) is 0 Å². The van der Waals surface area contributed by atoms with Crippen molar-refractivity contribution in [1.82, 2.24) is 10.2 Å². The number of methoxy groups -OCH3 is 1. The first-order valence-corrected chi connectivity index (χ1v) is 18.6. The summed E-state index contributed by atoms with van der Waals surface area (Å²) in [5.74, 6) is 0.424. The zero-order valence-corrected chi connectivity index (χ0v) is 29.0. The van der Waals surface area contributed by atoms with Crippen LogP contribution >= 0.6 is 0 Å². The van der Waals surface area contributed by atoms with E-state index in [2.05, 4.69) is 5.32 Å². The summed E-state index contributed by atoms with van der Waals surface area (Å²) in [5.41, 5.74) is 2.96. The third kappa shape index (κ3) is 10.3. The summed E-state index contributed by atoms with van der Waals surface area (Å²) >= 11 is 0. The first-order valence-electron chi connectivity index (χ1n) is 16.7. The van der Waals surface area contributed by atoms with Crippen LogP contribution < -0.4 is 19.1 Å². The maximum Gasteiger partial charge on any atom is 0.244 e. The number of carbonyl (C=O) groups is 2. The van der Waals surface area contributed by atoms with E-state index in [1.807, 2.05) is 84.9 Å². The third-order valence-corrected chi connectivity index (χ3v) is 9.90. The van der Waals surface area contributed by atoms with Gasteiger partial charge in [-0.3, -0.25) is 13.9 Å². The number of nitrogens with zero attached hydrogens (tertiary/aromatic N) is 2. The normalized spacial score (nSPS) is 14.0. The van der Waals surface area contributed by atoms with Gasteiger partial charge >= 0.3 is 0 Å². The molecule has 0 unspecified atom stereocenters. The predicted octanol–water partition coefficient (Wildman–Crippen LogP) is 6.13. The van der Waals surface area contributed by atoms with Crippen LogP contribution in [0.15, 0.2) is 109 Å². The fraction of sp³-hybridized carbons (Fsp3) is 0.333. The van der Waals surface area contributed by atoms with E-state index < -0.39 is 28.5 Å². The highest BCUT2D eigenvalue weighted by molar-refractivity contribution is 7.92. The largest absolute Gasteiger partial charge is 0.497 e. The van der Waals surface area contributed by atoms with Crippen LogP contribution in [0.3, 0.4) is 0 Å². The van der Waals surface area contributed by atoms with Crippen molar-refractivity contribution in [2.45, 2.75) is 63.8 Å². The number of hydrogen-bond acceptors (Lipinski definition) is 6. The summed E-state index contributed by atoms with van der Waals surface area (Å²) in [6, 6.07) is 32.4. The number of carbonyl (C=O) groups excluding carboxylic acids is 2. The summed E-state index contributed by atoms with van der Waals surface area (Å²) < 4.78 is 38.8. The molecule has 0 heterocycles. The van der Waals surface area contributed by atoms with E-state index in [4.69, 9.17) is 9.47 Å². The van der Waals surface area contributed by atoms with E-state index in [0.29, 0.717) is 23.8 Å². The second-order valence-electron chi connectivity index (χ2n) is 12.5. The number of hydrogen-bond donors (Lipinski definition) is 1. The Morgan fingerprint density at radius 2 is 1.43 bits per heavy atom. The molecule has 2 amide bonds. The molecule has 4 aromatic carbocycles. The van der Waals surface area contributed by atoms with Crippen LogP contribution in [0.4, 0.5) is 5.69 Å². The summed E-state index contributed by atoms with van der Waals surface area (Å²) in [6.07, 6.45) is 6.34. The highest BCUT2D eigenvalue weighted by Gasteiger charge is 2.34. The summed E-state index contributed by atoms with van der Waals surface area (Å²) in [6.45, 7) is -0.0517. The fourth-order valence-corrected chi connectivity index (χ4v) is 6.98. The number of anilines is 1. The van der Waals surface area contributed by atoms with Crippen molar-refractivity contribution >= 4 is 27.5 Å². The molecule has 4 aromatic rings. The minimum atomic E-state index is -3.90. The number of sulfonamides is 1. The highest BCUT2D eigenvalue weighted by atomic mass is 32.2. The standard InChI is InChI=1S/C39H45N3O6S/c1-47-36-20-12-17-32(25-36)27-41(37(26-30-13-6-3-7-14-30)39(44)40-33-18-10-5-11-19-33)38(43)28-42(49(2,45)46)34-21-23-35(24-22-34)48-29-31-15-8-4-9-16-31/h3-4,6-9,12-17,20-25,33,37H,5,10-11,18-19,26-29H2,1-2H3,(H,40,44)/t37-/m1/s1. The zero-order chi connectivity index (χ0) is 34.6. The Morgan fingerprint density at radius 1 is 0.796 bits per heavy atom. The molecule has 10 heteroatoms. The minimum absolute atomic E-state index is 0.0310. The minimum Gasteiger partial charge on any atom is -0.497 e. The van der Waals surface area contributed by atoms with Gasteiger partial charge in [-0.25, -0.2) is 8.42 Å². The summed E-state index contributed by atoms with van der Waals surface area (Å²) in [7, 11) is -2.33. The van der Waals surface area contributed by atoms with Crippen molar-refractivity contribution in [3.8, 4) is 11.5 Å². The molecule has 0 aliphatic heterocycles. The van der Waals surface area contributed by atoms with Gasteiger partial charge in [0.2, 0.25) is 21.8 Å². The van der Waals surface area contributed by atoms with Crippen molar-refractivity contribution in [1.29, 1.82) is 0 Å². The lowest BCUT2D eigenvalue weighted by atomic mass is 9.94. The van der Waals surface area contributed by atoms with Gasteiger partial charge in [0.25, 0.3) is 0 Å². The Kier molecular flexibility index (Phi) is 12.3. The van der Waals surface area contributed by atoms with Crippen LogP contribution in [-0.4, -0.2) is 57.1 Å². The van der Waals surface area contributed by atoms with Crippen molar-refractivity contribution in [2.75, 3.05) is 24.2 Å². The van der Waals surface area contributed by atoms with Gasteiger partial charge in [0, 0.05) is 19.0 Å². The molecule has 258 valence electrons. The van der Waals surface area contributed by atoms with Crippen LogP contribution in [0, 0.1) is 0 Å². The number of rotatable bonds is 15. The molecule has 0 spiro atoms. The molecule has 0 aromatic heterocycles. The average molecular weight is 684 g/mol. The topological polar surface area (TPSA) is 105 Å². The van der Waals surface area contributed by atoms with Gasteiger partial charge in [-0.05, 0) is 65.9 Å². The Balaban J connectivity index is 1.44. The average Bonchev–Trinajstić information content (AvgIpc) is 3.12. The van der Waals surface area contributed by atoms with E-state index in [0.717, 1.165) is 59.4 Å². The molecule has 1 atom stereocenters. The van der Waals surface area contributed by atoms with Crippen molar-refractivity contribution < 1.29 is 27.5 Å². The fourth-order valence-electron chi connectivity index (χ4n) is 6.13. The highest BCUT2D eigenvalue weighted by Crippen LogP contribution is 2.25. The molecule has 1 fully saturated rings. The monoisotopic (exact) mass is 683 g/mol. The molecule has 1 N–H and O–H groups in total. The smallest absolute Gasteiger partial charge is 0.244 e. The number of ether oxygens (including phenoxy) is 2. The van der Waals surface area contributed by atoms with E-state index in [1.165, 1.54) is 4.90 Å². The third-order valence-electron chi connectivity index (χ3n) is 8.76. The maximum absolute atomic E-state index is 14.5. The quantitative estimate of drug-likeness (QED) is 0.162. The molecule has 1 aliphatic carbocycles. The molecule has 9 nitrogen and oxygen atoms in total. The van der Waals surface area contributed by atoms with Gasteiger partial charge in [0.1, 0.15) is 30.7 Å². The second kappa shape index (κ2) is 17.0. The number of nitrogens with one attached hydrogen (secondary N) is 1. The number of amides is 2. The SMILES string of the molecule is COc1cccc(CN(C(=O)CN(c2ccc(OCc3ccccc3)cc2)S(C)(=O)=O)[C@H](Cc2ccccc2)C(=O)NC2CCCCC2)c1.